The molecule has 1 aromatic carbocycles. The van der Waals surface area contributed by atoms with E-state index in [1.54, 1.807) is 18.2 Å². The van der Waals surface area contributed by atoms with Gasteiger partial charge in [0, 0.05) is 12.1 Å². The van der Waals surface area contributed by atoms with Gasteiger partial charge in [-0.05, 0) is 37.5 Å². The van der Waals surface area contributed by atoms with Crippen LogP contribution < -0.4 is 14.8 Å². The van der Waals surface area contributed by atoms with Gasteiger partial charge in [-0.1, -0.05) is 13.3 Å². The van der Waals surface area contributed by atoms with Crippen LogP contribution in [0.25, 0.3) is 0 Å². The maximum Gasteiger partial charge on any atom is 0.311 e. The van der Waals surface area contributed by atoms with Gasteiger partial charge in [0.05, 0.1) is 19.1 Å². The third kappa shape index (κ3) is 4.15. The Hall–Kier alpha value is -2.24. The van der Waals surface area contributed by atoms with E-state index in [4.69, 9.17) is 14.6 Å². The van der Waals surface area contributed by atoms with Gasteiger partial charge in [-0.2, -0.15) is 0 Å². The Kier molecular flexibility index (Phi) is 5.47. The van der Waals surface area contributed by atoms with Crippen molar-refractivity contribution in [2.45, 2.75) is 32.6 Å². The van der Waals surface area contributed by atoms with Gasteiger partial charge in [-0.15, -0.1) is 0 Å². The third-order valence-electron chi connectivity index (χ3n) is 4.08. The minimum absolute atomic E-state index is 0.151. The van der Waals surface area contributed by atoms with Gasteiger partial charge in [0.1, 0.15) is 0 Å². The first-order valence-corrected chi connectivity index (χ1v) is 7.85. The lowest BCUT2D eigenvalue weighted by atomic mass is 10.1. The maximum absolute atomic E-state index is 12.2. The predicted molar refractivity (Wildman–Crippen MR) is 85.0 cm³/mol. The first-order valence-electron chi connectivity index (χ1n) is 7.85. The third-order valence-corrected chi connectivity index (χ3v) is 4.08. The van der Waals surface area contributed by atoms with Crippen LogP contribution in [0, 0.1) is 5.41 Å². The molecule has 1 aromatic rings. The number of benzene rings is 1. The molecule has 23 heavy (non-hydrogen) atoms. The topological polar surface area (TPSA) is 84.9 Å². The van der Waals surface area contributed by atoms with Crippen molar-refractivity contribution in [1.29, 1.82) is 0 Å². The molecule has 1 aliphatic carbocycles. The molecule has 1 amide bonds. The number of ether oxygens (including phenoxy) is 2. The summed E-state index contributed by atoms with van der Waals surface area (Å²) in [4.78, 5) is 23.3. The van der Waals surface area contributed by atoms with Crippen molar-refractivity contribution in [2.75, 3.05) is 20.3 Å². The molecule has 2 rings (SSSR count). The van der Waals surface area contributed by atoms with E-state index in [0.29, 0.717) is 36.5 Å². The molecule has 0 aliphatic heterocycles. The molecule has 126 valence electrons. The zero-order chi connectivity index (χ0) is 16.9. The first-order chi connectivity index (χ1) is 11.0. The minimum Gasteiger partial charge on any atom is -0.493 e. The summed E-state index contributed by atoms with van der Waals surface area (Å²) in [6.45, 7) is 2.83. The maximum atomic E-state index is 12.2. The quantitative estimate of drug-likeness (QED) is 0.683. The van der Waals surface area contributed by atoms with E-state index in [9.17, 15) is 9.59 Å². The fourth-order valence-corrected chi connectivity index (χ4v) is 2.22. The highest BCUT2D eigenvalue weighted by molar-refractivity contribution is 5.95. The van der Waals surface area contributed by atoms with Crippen LogP contribution in [-0.4, -0.2) is 37.2 Å². The fraction of sp³-hybridized carbons (Fsp3) is 0.529. The number of carboxylic acids is 1. The zero-order valence-electron chi connectivity index (χ0n) is 13.6. The molecule has 0 atom stereocenters. The van der Waals surface area contributed by atoms with E-state index in [2.05, 4.69) is 12.2 Å². The normalized spacial score (nSPS) is 14.9. The van der Waals surface area contributed by atoms with E-state index in [0.717, 1.165) is 12.8 Å². The molecule has 0 bridgehead atoms. The number of amides is 1. The summed E-state index contributed by atoms with van der Waals surface area (Å²) in [5.74, 6) is -0.0687. The summed E-state index contributed by atoms with van der Waals surface area (Å²) in [6.07, 6.45) is 3.20. The minimum atomic E-state index is -0.852. The van der Waals surface area contributed by atoms with Crippen LogP contribution in [-0.2, 0) is 4.79 Å². The molecular weight excluding hydrogens is 298 g/mol. The van der Waals surface area contributed by atoms with E-state index in [1.807, 2.05) is 0 Å². The lowest BCUT2D eigenvalue weighted by molar-refractivity contribution is -0.143. The Morgan fingerprint density at radius 3 is 2.61 bits per heavy atom. The Morgan fingerprint density at radius 1 is 1.30 bits per heavy atom. The van der Waals surface area contributed by atoms with Crippen molar-refractivity contribution in [1.82, 2.24) is 5.32 Å². The summed E-state index contributed by atoms with van der Waals surface area (Å²) in [7, 11) is 1.52. The molecule has 0 heterocycles. The first kappa shape index (κ1) is 17.1. The molecule has 1 saturated carbocycles. The van der Waals surface area contributed by atoms with Gasteiger partial charge in [0.2, 0.25) is 0 Å². The van der Waals surface area contributed by atoms with Gasteiger partial charge in [0.15, 0.2) is 11.5 Å². The van der Waals surface area contributed by atoms with Crippen LogP contribution in [0.2, 0.25) is 0 Å². The van der Waals surface area contributed by atoms with Crippen molar-refractivity contribution >= 4 is 11.9 Å². The standard InChI is InChI=1S/C17H23NO5/c1-3-4-9-23-13-6-5-12(10-14(13)22-2)15(19)18-11-17(7-8-17)16(20)21/h5-6,10H,3-4,7-9,11H2,1-2H3,(H,18,19)(H,20,21). The second-order valence-electron chi connectivity index (χ2n) is 5.84. The number of hydrogen-bond acceptors (Lipinski definition) is 4. The molecule has 0 aromatic heterocycles. The Balaban J connectivity index is 1.99. The summed E-state index contributed by atoms with van der Waals surface area (Å²) >= 11 is 0. The zero-order valence-corrected chi connectivity index (χ0v) is 13.6. The highest BCUT2D eigenvalue weighted by Crippen LogP contribution is 2.45. The van der Waals surface area contributed by atoms with Crippen LogP contribution in [0.5, 0.6) is 11.5 Å². The van der Waals surface area contributed by atoms with Gasteiger partial charge < -0.3 is 19.9 Å². The summed E-state index contributed by atoms with van der Waals surface area (Å²) in [5.41, 5.74) is -0.353. The second kappa shape index (κ2) is 7.35. The highest BCUT2D eigenvalue weighted by atomic mass is 16.5. The van der Waals surface area contributed by atoms with Crippen LogP contribution in [0.1, 0.15) is 43.0 Å². The number of carbonyl (C=O) groups excluding carboxylic acids is 1. The number of nitrogens with one attached hydrogen (secondary N) is 1. The molecule has 1 fully saturated rings. The lowest BCUT2D eigenvalue weighted by Crippen LogP contribution is -2.34. The SMILES string of the molecule is CCCCOc1ccc(C(=O)NCC2(C(=O)O)CC2)cc1OC. The average Bonchev–Trinajstić information content (AvgIpc) is 3.34. The van der Waals surface area contributed by atoms with Crippen LogP contribution in [0.3, 0.4) is 0 Å². The molecule has 6 nitrogen and oxygen atoms in total. The van der Waals surface area contributed by atoms with Gasteiger partial charge >= 0.3 is 5.97 Å². The number of unbranched alkanes of at least 4 members (excludes halogenated alkanes) is 1. The van der Waals surface area contributed by atoms with Crippen molar-refractivity contribution in [3.8, 4) is 11.5 Å². The van der Waals surface area contributed by atoms with E-state index in [-0.39, 0.29) is 12.5 Å². The fourth-order valence-electron chi connectivity index (χ4n) is 2.22. The molecule has 6 heteroatoms. The second-order valence-corrected chi connectivity index (χ2v) is 5.84. The van der Waals surface area contributed by atoms with E-state index < -0.39 is 11.4 Å². The molecular formula is C17H23NO5. The number of carbonyl (C=O) groups is 2. The number of carboxylic acid groups (broad SMARTS) is 1. The van der Waals surface area contributed by atoms with E-state index >= 15 is 0 Å². The van der Waals surface area contributed by atoms with Crippen molar-refractivity contribution in [3.05, 3.63) is 23.8 Å². The summed E-state index contributed by atoms with van der Waals surface area (Å²) in [5, 5.41) is 11.8. The number of rotatable bonds is 9. The largest absolute Gasteiger partial charge is 0.493 e. The molecule has 1 aliphatic rings. The smallest absolute Gasteiger partial charge is 0.311 e. The summed E-state index contributed by atoms with van der Waals surface area (Å²) in [6, 6.07) is 4.96. The number of methoxy groups -OCH3 is 1. The monoisotopic (exact) mass is 321 g/mol. The molecule has 0 radical (unpaired) electrons. The number of aliphatic carboxylic acids is 1. The Bertz CT molecular complexity index is 580. The van der Waals surface area contributed by atoms with Crippen LogP contribution in [0.4, 0.5) is 0 Å². The molecule has 0 unspecified atom stereocenters. The van der Waals surface area contributed by atoms with Crippen LogP contribution >= 0.6 is 0 Å². The Labute approximate surface area is 135 Å². The molecule has 0 spiro atoms. The summed E-state index contributed by atoms with van der Waals surface area (Å²) < 4.78 is 10.9. The van der Waals surface area contributed by atoms with Gasteiger partial charge in [-0.25, -0.2) is 0 Å². The average molecular weight is 321 g/mol. The predicted octanol–water partition coefficient (Wildman–Crippen LogP) is 2.47. The van der Waals surface area contributed by atoms with E-state index in [1.165, 1.54) is 7.11 Å². The van der Waals surface area contributed by atoms with Gasteiger partial charge in [0.25, 0.3) is 5.91 Å². The Morgan fingerprint density at radius 2 is 2.04 bits per heavy atom. The lowest BCUT2D eigenvalue weighted by Gasteiger charge is -2.13. The van der Waals surface area contributed by atoms with Crippen molar-refractivity contribution in [3.63, 3.8) is 0 Å². The van der Waals surface area contributed by atoms with Gasteiger partial charge in [-0.3, -0.25) is 9.59 Å². The molecule has 0 saturated heterocycles. The molecule has 2 N–H and O–H groups in total. The highest BCUT2D eigenvalue weighted by Gasteiger charge is 2.50. The van der Waals surface area contributed by atoms with Crippen LogP contribution in [0.15, 0.2) is 18.2 Å². The van der Waals surface area contributed by atoms with Crippen molar-refractivity contribution < 1.29 is 24.2 Å². The number of hydrogen-bond donors (Lipinski definition) is 2. The van der Waals surface area contributed by atoms with Crippen molar-refractivity contribution in [2.24, 2.45) is 5.41 Å².